The minimum absolute atomic E-state index is 0.00658. The lowest BCUT2D eigenvalue weighted by Gasteiger charge is -2.68. The molecule has 2 aliphatic heterocycles. The van der Waals surface area contributed by atoms with Crippen LogP contribution >= 0.6 is 0 Å². The van der Waals surface area contributed by atoms with Gasteiger partial charge < -0.3 is 34.3 Å². The van der Waals surface area contributed by atoms with Crippen LogP contribution in [-0.4, -0.2) is 114 Å². The summed E-state index contributed by atoms with van der Waals surface area (Å²) >= 11 is 0. The number of hydrogen-bond donors (Lipinski definition) is 3. The van der Waals surface area contributed by atoms with Gasteiger partial charge in [0.1, 0.15) is 12.2 Å². The standard InChI is InChI=1S/C40H57NO10/c1-23(26-12-9-8-10-13-26)33(51-30(43)14-11-15-41-16-18-48-19-17-41)36(46)50-27-21-40(47)25(3)34-38(6)22-49-29(38)20-28(42)39(34,7)35(45)32(44)31(24(27)2)37(40,4)5/h8-10,12-13,23,25,27-29,32-34,42,44,47H,11,14-22H2,1-7H3/t23-,25?,27-,28-,29+,32+,33+,34?,38+,39+,40+/m0/s1. The molecule has 2 bridgehead atoms. The summed E-state index contributed by atoms with van der Waals surface area (Å²) in [6, 6.07) is 9.31. The molecule has 51 heavy (non-hydrogen) atoms. The maximum atomic E-state index is 14.5. The number of Topliss-reactive ketones (excluding diaryl/α,β-unsaturated/α-hetero) is 1. The molecule has 6 rings (SSSR count). The topological polar surface area (TPSA) is 152 Å². The number of aliphatic hydroxyl groups is 3. The highest BCUT2D eigenvalue weighted by Gasteiger charge is 2.73. The van der Waals surface area contributed by atoms with Crippen LogP contribution in [0.2, 0.25) is 0 Å². The van der Waals surface area contributed by atoms with E-state index in [-0.39, 0.29) is 25.4 Å². The number of morpholine rings is 1. The molecule has 2 heterocycles. The van der Waals surface area contributed by atoms with Gasteiger partial charge in [-0.05, 0) is 55.4 Å². The number of ketones is 1. The number of carbonyl (C=O) groups excluding carboxylic acids is 3. The molecular formula is C40H57NO10. The molecular weight excluding hydrogens is 654 g/mol. The molecule has 1 aromatic carbocycles. The molecule has 11 atom stereocenters. The van der Waals surface area contributed by atoms with Gasteiger partial charge in [0.15, 0.2) is 5.78 Å². The molecule has 282 valence electrons. The molecule has 11 nitrogen and oxygen atoms in total. The van der Waals surface area contributed by atoms with E-state index >= 15 is 0 Å². The van der Waals surface area contributed by atoms with Crippen molar-refractivity contribution in [1.82, 2.24) is 4.90 Å². The van der Waals surface area contributed by atoms with Gasteiger partial charge in [0.25, 0.3) is 0 Å². The first-order valence-corrected chi connectivity index (χ1v) is 18.7. The molecule has 0 spiro atoms. The van der Waals surface area contributed by atoms with E-state index in [0.717, 1.165) is 18.7 Å². The molecule has 1 aromatic rings. The minimum atomic E-state index is -1.65. The van der Waals surface area contributed by atoms with Crippen molar-refractivity contribution in [3.63, 3.8) is 0 Å². The summed E-state index contributed by atoms with van der Waals surface area (Å²) in [5.41, 5.74) is -2.99. The molecule has 3 aliphatic carbocycles. The number of rotatable bonds is 9. The average Bonchev–Trinajstić information content (AvgIpc) is 3.10. The lowest BCUT2D eigenvalue weighted by atomic mass is 9.40. The first-order valence-electron chi connectivity index (χ1n) is 18.7. The fourth-order valence-electron chi connectivity index (χ4n) is 10.5. The molecule has 3 N–H and O–H groups in total. The number of benzene rings is 1. The van der Waals surface area contributed by atoms with Crippen molar-refractivity contribution in [2.75, 3.05) is 39.5 Å². The van der Waals surface area contributed by atoms with Crippen LogP contribution in [0.4, 0.5) is 0 Å². The molecule has 2 saturated carbocycles. The number of nitrogens with zero attached hydrogens (tertiary/aromatic N) is 1. The zero-order valence-corrected chi connectivity index (χ0v) is 31.2. The smallest absolute Gasteiger partial charge is 0.348 e. The highest BCUT2D eigenvalue weighted by molar-refractivity contribution is 5.93. The maximum absolute atomic E-state index is 14.5. The van der Waals surface area contributed by atoms with Crippen LogP contribution in [0.5, 0.6) is 0 Å². The van der Waals surface area contributed by atoms with Gasteiger partial charge in [-0.2, -0.15) is 0 Å². The predicted molar refractivity (Wildman–Crippen MR) is 187 cm³/mol. The van der Waals surface area contributed by atoms with Crippen molar-refractivity contribution in [1.29, 1.82) is 0 Å². The largest absolute Gasteiger partial charge is 0.455 e. The molecule has 2 saturated heterocycles. The number of ether oxygens (including phenoxy) is 4. The van der Waals surface area contributed by atoms with Crippen LogP contribution in [0.15, 0.2) is 41.5 Å². The number of carbonyl (C=O) groups is 3. The zero-order chi connectivity index (χ0) is 37.1. The van der Waals surface area contributed by atoms with E-state index in [2.05, 4.69) is 4.90 Å². The number of esters is 2. The third kappa shape index (κ3) is 6.19. The second kappa shape index (κ2) is 14.0. The normalized spacial score (nSPS) is 39.0. The Balaban J connectivity index is 1.31. The fourth-order valence-corrected chi connectivity index (χ4v) is 10.5. The van der Waals surface area contributed by atoms with Gasteiger partial charge >= 0.3 is 11.9 Å². The summed E-state index contributed by atoms with van der Waals surface area (Å²) in [4.78, 5) is 44.3. The van der Waals surface area contributed by atoms with Crippen LogP contribution in [0.25, 0.3) is 0 Å². The van der Waals surface area contributed by atoms with Crippen LogP contribution in [0, 0.1) is 28.1 Å². The number of hydrogen-bond acceptors (Lipinski definition) is 11. The van der Waals surface area contributed by atoms with Crippen molar-refractivity contribution in [2.24, 2.45) is 28.1 Å². The zero-order valence-electron chi connectivity index (χ0n) is 31.2. The van der Waals surface area contributed by atoms with Gasteiger partial charge in [-0.1, -0.05) is 65.0 Å². The quantitative estimate of drug-likeness (QED) is 0.255. The second-order valence-corrected chi connectivity index (χ2v) is 16.8. The van der Waals surface area contributed by atoms with Crippen LogP contribution in [0.3, 0.4) is 0 Å². The Hall–Kier alpha value is -2.67. The van der Waals surface area contributed by atoms with E-state index < -0.39 is 81.7 Å². The van der Waals surface area contributed by atoms with E-state index in [1.807, 2.05) is 65.0 Å². The molecule has 0 radical (unpaired) electrons. The van der Waals surface area contributed by atoms with Crippen molar-refractivity contribution < 1.29 is 48.7 Å². The van der Waals surface area contributed by atoms with Crippen molar-refractivity contribution in [3.8, 4) is 0 Å². The van der Waals surface area contributed by atoms with Crippen molar-refractivity contribution in [2.45, 2.75) is 116 Å². The first kappa shape index (κ1) is 38.1. The van der Waals surface area contributed by atoms with E-state index in [1.54, 1.807) is 13.8 Å². The Morgan fingerprint density at radius 3 is 2.37 bits per heavy atom. The van der Waals surface area contributed by atoms with E-state index in [4.69, 9.17) is 18.9 Å². The van der Waals surface area contributed by atoms with Crippen LogP contribution < -0.4 is 0 Å². The van der Waals surface area contributed by atoms with Gasteiger partial charge in [0.05, 0.1) is 43.0 Å². The van der Waals surface area contributed by atoms with Gasteiger partial charge in [-0.3, -0.25) is 14.5 Å². The first-order chi connectivity index (χ1) is 24.0. The minimum Gasteiger partial charge on any atom is -0.455 e. The Kier molecular flexibility index (Phi) is 10.4. The lowest BCUT2D eigenvalue weighted by molar-refractivity contribution is -0.302. The Bertz CT molecular complexity index is 1520. The highest BCUT2D eigenvalue weighted by Crippen LogP contribution is 2.66. The Morgan fingerprint density at radius 1 is 1.08 bits per heavy atom. The van der Waals surface area contributed by atoms with Crippen LogP contribution in [-0.2, 0) is 33.3 Å². The molecule has 11 heteroatoms. The summed E-state index contributed by atoms with van der Waals surface area (Å²) in [5.74, 6) is -3.44. The molecule has 4 fully saturated rings. The van der Waals surface area contributed by atoms with E-state index in [1.165, 1.54) is 0 Å². The lowest BCUT2D eigenvalue weighted by Crippen LogP contribution is -2.75. The highest BCUT2D eigenvalue weighted by atomic mass is 16.6. The van der Waals surface area contributed by atoms with Crippen molar-refractivity contribution >= 4 is 17.7 Å². The number of fused-ring (bicyclic) bond motifs is 5. The van der Waals surface area contributed by atoms with Gasteiger partial charge in [0.2, 0.25) is 6.10 Å². The van der Waals surface area contributed by atoms with Crippen LogP contribution in [0.1, 0.15) is 85.6 Å². The fraction of sp³-hybridized carbons (Fsp3) is 0.725. The third-order valence-electron chi connectivity index (χ3n) is 13.8. The summed E-state index contributed by atoms with van der Waals surface area (Å²) in [6.07, 6.45) is -4.34. The Labute approximate surface area is 301 Å². The maximum Gasteiger partial charge on any atom is 0.348 e. The summed E-state index contributed by atoms with van der Waals surface area (Å²) in [5, 5.41) is 36.5. The molecule has 0 aromatic heterocycles. The monoisotopic (exact) mass is 711 g/mol. The van der Waals surface area contributed by atoms with E-state index in [0.29, 0.717) is 43.9 Å². The van der Waals surface area contributed by atoms with Gasteiger partial charge in [-0.15, -0.1) is 0 Å². The summed E-state index contributed by atoms with van der Waals surface area (Å²) < 4.78 is 23.5. The predicted octanol–water partition coefficient (Wildman–Crippen LogP) is 3.58. The Morgan fingerprint density at radius 2 is 1.75 bits per heavy atom. The van der Waals surface area contributed by atoms with Crippen molar-refractivity contribution in [3.05, 3.63) is 47.0 Å². The molecule has 0 amide bonds. The molecule has 2 unspecified atom stereocenters. The molecule has 5 aliphatic rings. The van der Waals surface area contributed by atoms with Gasteiger partial charge in [0, 0.05) is 49.1 Å². The number of aliphatic hydroxyl groups excluding tert-OH is 2. The average molecular weight is 712 g/mol. The summed E-state index contributed by atoms with van der Waals surface area (Å²) in [7, 11) is 0. The second-order valence-electron chi connectivity index (χ2n) is 16.8. The van der Waals surface area contributed by atoms with E-state index in [9.17, 15) is 29.7 Å². The third-order valence-corrected chi connectivity index (χ3v) is 13.8. The SMILES string of the molecule is CC1=C2[C@@H](O)C(=O)[C@@]3(C)C(C(C)[C@](O)(C[C@@H]1OC(=O)[C@H](OC(=O)CCCN1CCOCC1)[C@@H](C)c1ccccc1)C2(C)C)[C@]1(C)CO[C@@H]1C[C@@H]3O. The summed E-state index contributed by atoms with van der Waals surface area (Å²) in [6.45, 7) is 16.9. The van der Waals surface area contributed by atoms with Gasteiger partial charge in [-0.25, -0.2) is 4.79 Å².